The lowest BCUT2D eigenvalue weighted by Gasteiger charge is -2.32. The Kier molecular flexibility index (Phi) is 7.70. The first-order chi connectivity index (χ1) is 17.1. The van der Waals surface area contributed by atoms with E-state index in [9.17, 15) is 18.0 Å². The van der Waals surface area contributed by atoms with Crippen molar-refractivity contribution in [2.45, 2.75) is 29.5 Å². The van der Waals surface area contributed by atoms with Gasteiger partial charge in [0.2, 0.25) is 17.7 Å². The number of halogens is 3. The molecule has 2 heterocycles. The van der Waals surface area contributed by atoms with Gasteiger partial charge in [0.25, 0.3) is 0 Å². The van der Waals surface area contributed by atoms with Crippen LogP contribution in [0.1, 0.15) is 27.0 Å². The maximum absolute atomic E-state index is 13.6. The van der Waals surface area contributed by atoms with Gasteiger partial charge in [-0.3, -0.25) is 4.79 Å². The summed E-state index contributed by atoms with van der Waals surface area (Å²) >= 11 is 1.03. The number of alkyl halides is 3. The number of carbonyl (C=O) groups excluding carboxylic acids is 1. The summed E-state index contributed by atoms with van der Waals surface area (Å²) in [5.74, 6) is -0.356. The summed E-state index contributed by atoms with van der Waals surface area (Å²) in [6, 6.07) is 11.2. The molecule has 0 atom stereocenters. The summed E-state index contributed by atoms with van der Waals surface area (Å²) in [5, 5.41) is 0. The maximum atomic E-state index is 13.6. The van der Waals surface area contributed by atoms with Crippen molar-refractivity contribution < 1.29 is 22.7 Å². The number of likely N-dealkylation sites (N-methyl/N-ethyl adjacent to an activating group) is 1. The van der Waals surface area contributed by atoms with E-state index in [0.717, 1.165) is 61.2 Å². The minimum absolute atomic E-state index is 0.239. The molecule has 3 aromatic rings. The lowest BCUT2D eigenvalue weighted by Crippen LogP contribution is -2.45. The minimum Gasteiger partial charge on any atom is -0.472 e. The van der Waals surface area contributed by atoms with Crippen LogP contribution in [0.25, 0.3) is 0 Å². The molecule has 1 aliphatic heterocycles. The van der Waals surface area contributed by atoms with E-state index in [0.29, 0.717) is 10.8 Å². The Morgan fingerprint density at radius 3 is 2.56 bits per heavy atom. The predicted octanol–water partition coefficient (Wildman–Crippen LogP) is 4.38. The highest BCUT2D eigenvalue weighted by atomic mass is 32.2. The molecule has 0 spiro atoms. The zero-order chi connectivity index (χ0) is 25.9. The van der Waals surface area contributed by atoms with E-state index in [1.54, 1.807) is 6.20 Å². The molecule has 1 aliphatic rings. The second-order valence-corrected chi connectivity index (χ2v) is 9.69. The summed E-state index contributed by atoms with van der Waals surface area (Å²) in [6.45, 7) is 5.46. The first-order valence-corrected chi connectivity index (χ1v) is 12.1. The van der Waals surface area contributed by atoms with Crippen LogP contribution in [0, 0.1) is 6.92 Å². The van der Waals surface area contributed by atoms with Gasteiger partial charge in [-0.2, -0.15) is 18.2 Å². The summed E-state index contributed by atoms with van der Waals surface area (Å²) in [4.78, 5) is 25.6. The largest absolute Gasteiger partial charge is 0.472 e. The van der Waals surface area contributed by atoms with Crippen LogP contribution in [0.2, 0.25) is 0 Å². The highest BCUT2D eigenvalue weighted by Gasteiger charge is 2.35. The molecule has 4 rings (SSSR count). The van der Waals surface area contributed by atoms with E-state index in [1.165, 1.54) is 6.07 Å². The highest BCUT2D eigenvalue weighted by molar-refractivity contribution is 7.99. The Labute approximate surface area is 211 Å². The average Bonchev–Trinajstić information content (AvgIpc) is 2.83. The normalized spacial score (nSPS) is 14.6. The third-order valence-corrected chi connectivity index (χ3v) is 6.73. The Morgan fingerprint density at radius 1 is 1.14 bits per heavy atom. The number of anilines is 1. The standard InChI is InChI=1S/C25H26F3N5O2S/c1-16-4-3-5-17(12-16)15-35-23-21(14-30-24(31-23)33-10-8-32(2)9-11-33)36-18-6-7-19(22(29)34)20(13-18)25(26,27)28/h3-7,12-14H,8-11,15H2,1-2H3,(H2,29,34). The van der Waals surface area contributed by atoms with Gasteiger partial charge in [-0.25, -0.2) is 4.98 Å². The van der Waals surface area contributed by atoms with Gasteiger partial charge < -0.3 is 20.3 Å². The molecule has 11 heteroatoms. The molecule has 0 saturated carbocycles. The lowest BCUT2D eigenvalue weighted by atomic mass is 10.1. The summed E-state index contributed by atoms with van der Waals surface area (Å²) in [7, 11) is 2.05. The Hall–Kier alpha value is -3.31. The molecule has 190 valence electrons. The molecule has 1 saturated heterocycles. The van der Waals surface area contributed by atoms with Crippen molar-refractivity contribution in [3.05, 3.63) is 70.9 Å². The zero-order valence-electron chi connectivity index (χ0n) is 19.9. The molecule has 0 bridgehead atoms. The molecule has 0 aliphatic carbocycles. The Bertz CT molecular complexity index is 1250. The first kappa shape index (κ1) is 25.8. The monoisotopic (exact) mass is 517 g/mol. The molecule has 1 aromatic heterocycles. The van der Waals surface area contributed by atoms with E-state index in [2.05, 4.69) is 19.8 Å². The van der Waals surface area contributed by atoms with Crippen LogP contribution in [0.15, 0.2) is 58.5 Å². The average molecular weight is 518 g/mol. The van der Waals surface area contributed by atoms with Gasteiger partial charge in [0, 0.05) is 31.1 Å². The van der Waals surface area contributed by atoms with Crippen molar-refractivity contribution in [3.8, 4) is 5.88 Å². The van der Waals surface area contributed by atoms with E-state index in [4.69, 9.17) is 10.5 Å². The molecular weight excluding hydrogens is 491 g/mol. The number of primary amides is 1. The smallest absolute Gasteiger partial charge is 0.417 e. The summed E-state index contributed by atoms with van der Waals surface area (Å²) < 4.78 is 46.7. The molecule has 1 fully saturated rings. The number of hydrogen-bond acceptors (Lipinski definition) is 7. The van der Waals surface area contributed by atoms with Crippen molar-refractivity contribution in [3.63, 3.8) is 0 Å². The molecule has 0 radical (unpaired) electrons. The quantitative estimate of drug-likeness (QED) is 0.498. The predicted molar refractivity (Wildman–Crippen MR) is 131 cm³/mol. The van der Waals surface area contributed by atoms with Crippen molar-refractivity contribution in [2.24, 2.45) is 5.73 Å². The fraction of sp³-hybridized carbons (Fsp3) is 0.320. The number of benzene rings is 2. The second-order valence-electron chi connectivity index (χ2n) is 8.58. The van der Waals surface area contributed by atoms with E-state index in [-0.39, 0.29) is 17.4 Å². The number of aromatic nitrogens is 2. The fourth-order valence-electron chi connectivity index (χ4n) is 3.80. The number of nitrogens with two attached hydrogens (primary N) is 1. The van der Waals surface area contributed by atoms with Gasteiger partial charge in [-0.15, -0.1) is 0 Å². The van der Waals surface area contributed by atoms with Gasteiger partial charge >= 0.3 is 6.18 Å². The Morgan fingerprint density at radius 2 is 1.89 bits per heavy atom. The SMILES string of the molecule is Cc1cccc(COc2nc(N3CCN(C)CC3)ncc2Sc2ccc(C(N)=O)c(C(F)(F)F)c2)c1. The number of rotatable bonds is 7. The van der Waals surface area contributed by atoms with Gasteiger partial charge in [0.15, 0.2) is 0 Å². The third-order valence-electron chi connectivity index (χ3n) is 5.74. The fourth-order valence-corrected chi connectivity index (χ4v) is 4.66. The number of aryl methyl sites for hydroxylation is 1. The van der Waals surface area contributed by atoms with Crippen molar-refractivity contribution in [1.82, 2.24) is 14.9 Å². The van der Waals surface area contributed by atoms with Crippen LogP contribution in [-0.2, 0) is 12.8 Å². The molecule has 1 amide bonds. The number of amides is 1. The maximum Gasteiger partial charge on any atom is 0.417 e. The molecule has 7 nitrogen and oxygen atoms in total. The lowest BCUT2D eigenvalue weighted by molar-refractivity contribution is -0.138. The Balaban J connectivity index is 1.65. The summed E-state index contributed by atoms with van der Waals surface area (Å²) in [5.41, 5.74) is 5.51. The highest BCUT2D eigenvalue weighted by Crippen LogP contribution is 2.39. The van der Waals surface area contributed by atoms with Crippen LogP contribution in [0.5, 0.6) is 5.88 Å². The van der Waals surface area contributed by atoms with E-state index in [1.807, 2.05) is 38.2 Å². The molecule has 2 aromatic carbocycles. The molecule has 2 N–H and O–H groups in total. The zero-order valence-corrected chi connectivity index (χ0v) is 20.7. The van der Waals surface area contributed by atoms with E-state index >= 15 is 0 Å². The number of piperazine rings is 1. The number of carbonyl (C=O) groups is 1. The van der Waals surface area contributed by atoms with Crippen molar-refractivity contribution in [2.75, 3.05) is 38.1 Å². The number of nitrogens with zero attached hydrogens (tertiary/aromatic N) is 4. The van der Waals surface area contributed by atoms with E-state index < -0.39 is 23.2 Å². The summed E-state index contributed by atoms with van der Waals surface area (Å²) in [6.07, 6.45) is -3.17. The van der Waals surface area contributed by atoms with Crippen LogP contribution < -0.4 is 15.4 Å². The van der Waals surface area contributed by atoms with Crippen LogP contribution in [0.4, 0.5) is 19.1 Å². The van der Waals surface area contributed by atoms with Gasteiger partial charge in [-0.1, -0.05) is 41.6 Å². The molecule has 36 heavy (non-hydrogen) atoms. The third kappa shape index (κ3) is 6.27. The van der Waals surface area contributed by atoms with Crippen LogP contribution in [0.3, 0.4) is 0 Å². The topological polar surface area (TPSA) is 84.6 Å². The van der Waals surface area contributed by atoms with Crippen molar-refractivity contribution >= 4 is 23.6 Å². The number of ether oxygens (including phenoxy) is 1. The number of hydrogen-bond donors (Lipinski definition) is 1. The molecular formula is C25H26F3N5O2S. The van der Waals surface area contributed by atoms with Gasteiger partial charge in [0.1, 0.15) is 6.61 Å². The minimum atomic E-state index is -4.73. The first-order valence-electron chi connectivity index (χ1n) is 11.3. The van der Waals surface area contributed by atoms with Crippen molar-refractivity contribution in [1.29, 1.82) is 0 Å². The van der Waals surface area contributed by atoms with Crippen LogP contribution >= 0.6 is 11.8 Å². The van der Waals surface area contributed by atoms with Gasteiger partial charge in [-0.05, 0) is 37.7 Å². The van der Waals surface area contributed by atoms with Crippen LogP contribution in [-0.4, -0.2) is 54.0 Å². The molecule has 0 unspecified atom stereocenters. The second kappa shape index (κ2) is 10.8. The van der Waals surface area contributed by atoms with Gasteiger partial charge in [0.05, 0.1) is 22.2 Å².